The standard InChI is InChI=1S/C13H16BrN3O/c1-9(2)17-11(7-16-13(17)15)8-18-12-5-3-4-10(14)6-12/h3-7,9H,8H2,1-2H3,(H2,15,16). The number of benzene rings is 1. The lowest BCUT2D eigenvalue weighted by molar-refractivity contribution is 0.292. The monoisotopic (exact) mass is 309 g/mol. The van der Waals surface area contributed by atoms with Crippen LogP contribution in [0.1, 0.15) is 25.6 Å². The van der Waals surface area contributed by atoms with Crippen LogP contribution in [0.4, 0.5) is 5.95 Å². The van der Waals surface area contributed by atoms with Crippen molar-refractivity contribution >= 4 is 21.9 Å². The maximum Gasteiger partial charge on any atom is 0.200 e. The number of ether oxygens (including phenoxy) is 1. The van der Waals surface area contributed by atoms with Gasteiger partial charge in [0.15, 0.2) is 0 Å². The van der Waals surface area contributed by atoms with E-state index in [0.29, 0.717) is 12.6 Å². The summed E-state index contributed by atoms with van der Waals surface area (Å²) < 4.78 is 8.70. The Kier molecular flexibility index (Phi) is 3.91. The van der Waals surface area contributed by atoms with E-state index in [-0.39, 0.29) is 6.04 Å². The number of imidazole rings is 1. The Balaban J connectivity index is 2.11. The van der Waals surface area contributed by atoms with Crippen molar-refractivity contribution in [2.75, 3.05) is 5.73 Å². The molecule has 0 fully saturated rings. The van der Waals surface area contributed by atoms with Gasteiger partial charge in [-0.15, -0.1) is 0 Å². The van der Waals surface area contributed by atoms with Gasteiger partial charge in [0.2, 0.25) is 5.95 Å². The number of anilines is 1. The normalized spacial score (nSPS) is 10.9. The van der Waals surface area contributed by atoms with Gasteiger partial charge in [0.05, 0.1) is 11.9 Å². The van der Waals surface area contributed by atoms with Gasteiger partial charge in [0.1, 0.15) is 12.4 Å². The summed E-state index contributed by atoms with van der Waals surface area (Å²) in [7, 11) is 0. The molecule has 1 aromatic heterocycles. The molecule has 5 heteroatoms. The molecule has 0 atom stereocenters. The Hall–Kier alpha value is -1.49. The largest absolute Gasteiger partial charge is 0.487 e. The average Bonchev–Trinajstić information content (AvgIpc) is 2.68. The first-order chi connectivity index (χ1) is 8.58. The zero-order valence-corrected chi connectivity index (χ0v) is 12.0. The number of nitrogens with zero attached hydrogens (tertiary/aromatic N) is 2. The molecule has 2 aromatic rings. The van der Waals surface area contributed by atoms with Crippen LogP contribution in [0.5, 0.6) is 5.75 Å². The molecule has 96 valence electrons. The van der Waals surface area contributed by atoms with Crippen molar-refractivity contribution in [2.24, 2.45) is 0 Å². The van der Waals surface area contributed by atoms with Gasteiger partial charge >= 0.3 is 0 Å². The van der Waals surface area contributed by atoms with Crippen molar-refractivity contribution in [3.63, 3.8) is 0 Å². The van der Waals surface area contributed by atoms with Crippen LogP contribution in [0.15, 0.2) is 34.9 Å². The molecule has 2 N–H and O–H groups in total. The molecule has 1 aromatic carbocycles. The van der Waals surface area contributed by atoms with Crippen LogP contribution in [0.25, 0.3) is 0 Å². The highest BCUT2D eigenvalue weighted by Gasteiger charge is 2.10. The van der Waals surface area contributed by atoms with E-state index in [1.54, 1.807) is 6.20 Å². The maximum absolute atomic E-state index is 5.82. The van der Waals surface area contributed by atoms with E-state index in [2.05, 4.69) is 34.8 Å². The Morgan fingerprint density at radius 3 is 2.89 bits per heavy atom. The van der Waals surface area contributed by atoms with Crippen molar-refractivity contribution in [3.8, 4) is 5.75 Å². The van der Waals surface area contributed by atoms with Crippen molar-refractivity contribution in [1.82, 2.24) is 9.55 Å². The Labute approximate surface area is 115 Å². The van der Waals surface area contributed by atoms with Gasteiger partial charge in [-0.05, 0) is 32.0 Å². The van der Waals surface area contributed by atoms with E-state index in [9.17, 15) is 0 Å². The minimum absolute atomic E-state index is 0.272. The van der Waals surface area contributed by atoms with Gasteiger partial charge < -0.3 is 15.0 Å². The third-order valence-corrected chi connectivity index (χ3v) is 3.09. The molecule has 0 aliphatic carbocycles. The first-order valence-electron chi connectivity index (χ1n) is 5.78. The fourth-order valence-corrected chi connectivity index (χ4v) is 2.21. The Morgan fingerprint density at radius 1 is 1.44 bits per heavy atom. The lowest BCUT2D eigenvalue weighted by Crippen LogP contribution is -2.11. The van der Waals surface area contributed by atoms with Gasteiger partial charge in [-0.25, -0.2) is 4.98 Å². The summed E-state index contributed by atoms with van der Waals surface area (Å²) in [6, 6.07) is 8.02. The third-order valence-electron chi connectivity index (χ3n) is 2.60. The number of hydrogen-bond donors (Lipinski definition) is 1. The Bertz CT molecular complexity index is 537. The zero-order valence-electron chi connectivity index (χ0n) is 10.4. The molecule has 0 amide bonds. The number of nitrogens with two attached hydrogens (primary N) is 1. The molecule has 2 rings (SSSR count). The summed E-state index contributed by atoms with van der Waals surface area (Å²) >= 11 is 3.41. The lowest BCUT2D eigenvalue weighted by atomic mass is 10.3. The van der Waals surface area contributed by atoms with Crippen LogP contribution in [-0.2, 0) is 6.61 Å². The van der Waals surface area contributed by atoms with Crippen molar-refractivity contribution in [3.05, 3.63) is 40.6 Å². The summed E-state index contributed by atoms with van der Waals surface area (Å²) in [6.07, 6.45) is 1.76. The quantitative estimate of drug-likeness (QED) is 0.942. The average molecular weight is 310 g/mol. The number of hydrogen-bond acceptors (Lipinski definition) is 3. The maximum atomic E-state index is 5.82. The van der Waals surface area contributed by atoms with Crippen LogP contribution in [-0.4, -0.2) is 9.55 Å². The number of nitrogen functional groups attached to an aromatic ring is 1. The Morgan fingerprint density at radius 2 is 2.22 bits per heavy atom. The summed E-state index contributed by atoms with van der Waals surface area (Å²) in [5.41, 5.74) is 6.80. The molecular formula is C13H16BrN3O. The molecule has 1 heterocycles. The van der Waals surface area contributed by atoms with E-state index < -0.39 is 0 Å². The van der Waals surface area contributed by atoms with E-state index in [0.717, 1.165) is 15.9 Å². The highest BCUT2D eigenvalue weighted by atomic mass is 79.9. The van der Waals surface area contributed by atoms with Crippen molar-refractivity contribution in [2.45, 2.75) is 26.5 Å². The number of aromatic nitrogens is 2. The molecule has 0 radical (unpaired) electrons. The molecular weight excluding hydrogens is 294 g/mol. The lowest BCUT2D eigenvalue weighted by Gasteiger charge is -2.14. The smallest absolute Gasteiger partial charge is 0.200 e. The van der Waals surface area contributed by atoms with Crippen LogP contribution < -0.4 is 10.5 Å². The topological polar surface area (TPSA) is 53.1 Å². The third kappa shape index (κ3) is 2.85. The van der Waals surface area contributed by atoms with E-state index in [1.807, 2.05) is 28.8 Å². The summed E-state index contributed by atoms with van der Waals surface area (Å²) in [5, 5.41) is 0. The van der Waals surface area contributed by atoms with Gasteiger partial charge in [-0.2, -0.15) is 0 Å². The molecule has 0 bridgehead atoms. The fraction of sp³-hybridized carbons (Fsp3) is 0.308. The molecule has 0 saturated carbocycles. The predicted octanol–water partition coefficient (Wildman–Crippen LogP) is 3.39. The van der Waals surface area contributed by atoms with Gasteiger partial charge in [-0.3, -0.25) is 0 Å². The molecule has 0 aliphatic rings. The van der Waals surface area contributed by atoms with E-state index in [4.69, 9.17) is 10.5 Å². The molecule has 0 unspecified atom stereocenters. The van der Waals surface area contributed by atoms with Gasteiger partial charge in [-0.1, -0.05) is 22.0 Å². The summed E-state index contributed by atoms with van der Waals surface area (Å²) in [4.78, 5) is 4.12. The summed E-state index contributed by atoms with van der Waals surface area (Å²) in [6.45, 7) is 4.60. The predicted molar refractivity (Wildman–Crippen MR) is 75.5 cm³/mol. The van der Waals surface area contributed by atoms with Crippen LogP contribution >= 0.6 is 15.9 Å². The molecule has 0 aliphatic heterocycles. The SMILES string of the molecule is CC(C)n1c(COc2cccc(Br)c2)cnc1N. The van der Waals surface area contributed by atoms with Gasteiger partial charge in [0.25, 0.3) is 0 Å². The minimum atomic E-state index is 0.272. The van der Waals surface area contributed by atoms with Crippen molar-refractivity contribution in [1.29, 1.82) is 0 Å². The second-order valence-electron chi connectivity index (χ2n) is 4.32. The highest BCUT2D eigenvalue weighted by molar-refractivity contribution is 9.10. The van der Waals surface area contributed by atoms with E-state index in [1.165, 1.54) is 0 Å². The van der Waals surface area contributed by atoms with Crippen LogP contribution in [0, 0.1) is 0 Å². The molecule has 4 nitrogen and oxygen atoms in total. The first kappa shape index (κ1) is 13.0. The zero-order chi connectivity index (χ0) is 13.1. The van der Waals surface area contributed by atoms with Gasteiger partial charge in [0, 0.05) is 10.5 Å². The summed E-state index contributed by atoms with van der Waals surface area (Å²) in [5.74, 6) is 1.34. The molecule has 0 saturated heterocycles. The number of halogens is 1. The molecule has 0 spiro atoms. The van der Waals surface area contributed by atoms with Crippen LogP contribution in [0.3, 0.4) is 0 Å². The second kappa shape index (κ2) is 5.44. The number of rotatable bonds is 4. The van der Waals surface area contributed by atoms with Crippen molar-refractivity contribution < 1.29 is 4.74 Å². The first-order valence-corrected chi connectivity index (χ1v) is 6.57. The molecule has 18 heavy (non-hydrogen) atoms. The van der Waals surface area contributed by atoms with E-state index >= 15 is 0 Å². The fourth-order valence-electron chi connectivity index (χ4n) is 1.83. The minimum Gasteiger partial charge on any atom is -0.487 e. The highest BCUT2D eigenvalue weighted by Crippen LogP contribution is 2.20. The van der Waals surface area contributed by atoms with Crippen LogP contribution in [0.2, 0.25) is 0 Å². The second-order valence-corrected chi connectivity index (χ2v) is 5.23.